The zero-order valence-electron chi connectivity index (χ0n) is 12.9. The summed E-state index contributed by atoms with van der Waals surface area (Å²) in [6.07, 6.45) is 2.03. The van der Waals surface area contributed by atoms with Crippen LogP contribution in [0.4, 0.5) is 11.4 Å². The molecule has 0 saturated carbocycles. The highest BCUT2D eigenvalue weighted by molar-refractivity contribution is 5.86. The van der Waals surface area contributed by atoms with Crippen molar-refractivity contribution in [2.45, 2.75) is 52.1 Å². The zero-order valence-corrected chi connectivity index (χ0v) is 12.9. The predicted octanol–water partition coefficient (Wildman–Crippen LogP) is 2.32. The van der Waals surface area contributed by atoms with Gasteiger partial charge in [0.25, 0.3) is 0 Å². The lowest BCUT2D eigenvalue weighted by Gasteiger charge is -2.37. The van der Waals surface area contributed by atoms with Crippen molar-refractivity contribution in [2.24, 2.45) is 0 Å². The van der Waals surface area contributed by atoms with E-state index >= 15 is 0 Å². The number of nitrogens with zero attached hydrogens (tertiary/aromatic N) is 1. The highest BCUT2D eigenvalue weighted by Crippen LogP contribution is 2.32. The smallest absolute Gasteiger partial charge is 0.242 e. The average Bonchev–Trinajstić information content (AvgIpc) is 2.36. The van der Waals surface area contributed by atoms with Crippen LogP contribution in [0.25, 0.3) is 0 Å². The number of anilines is 2. The summed E-state index contributed by atoms with van der Waals surface area (Å²) in [5.74, 6) is 0.0628. The SMILES string of the molecule is CC(C(=O)NC(C)(C)C)N1CCCc2c(N)cccc21. The molecule has 0 saturated heterocycles. The number of carbonyl (C=O) groups is 1. The number of nitrogens with one attached hydrogen (secondary N) is 1. The van der Waals surface area contributed by atoms with Crippen molar-refractivity contribution in [3.05, 3.63) is 23.8 Å². The van der Waals surface area contributed by atoms with Crippen LogP contribution < -0.4 is 16.0 Å². The summed E-state index contributed by atoms with van der Waals surface area (Å²) in [4.78, 5) is 14.5. The van der Waals surface area contributed by atoms with Crippen LogP contribution in [0, 0.1) is 0 Å². The molecule has 0 aliphatic carbocycles. The van der Waals surface area contributed by atoms with E-state index < -0.39 is 0 Å². The molecule has 4 heteroatoms. The van der Waals surface area contributed by atoms with E-state index in [0.29, 0.717) is 0 Å². The number of rotatable bonds is 2. The van der Waals surface area contributed by atoms with E-state index in [-0.39, 0.29) is 17.5 Å². The summed E-state index contributed by atoms with van der Waals surface area (Å²) < 4.78 is 0. The summed E-state index contributed by atoms with van der Waals surface area (Å²) in [6, 6.07) is 5.77. The quantitative estimate of drug-likeness (QED) is 0.814. The second kappa shape index (κ2) is 5.35. The van der Waals surface area contributed by atoms with Crippen molar-refractivity contribution in [1.29, 1.82) is 0 Å². The molecule has 1 heterocycles. The summed E-state index contributed by atoms with van der Waals surface area (Å²) >= 11 is 0. The molecule has 3 N–H and O–H groups in total. The lowest BCUT2D eigenvalue weighted by atomic mass is 9.98. The van der Waals surface area contributed by atoms with Crippen LogP contribution in [0.5, 0.6) is 0 Å². The van der Waals surface area contributed by atoms with Crippen LogP contribution in [0.15, 0.2) is 18.2 Å². The van der Waals surface area contributed by atoms with E-state index in [2.05, 4.69) is 16.3 Å². The van der Waals surface area contributed by atoms with Crippen molar-refractivity contribution in [3.63, 3.8) is 0 Å². The summed E-state index contributed by atoms with van der Waals surface area (Å²) in [5, 5.41) is 3.05. The predicted molar refractivity (Wildman–Crippen MR) is 83.9 cm³/mol. The van der Waals surface area contributed by atoms with Gasteiger partial charge in [0.05, 0.1) is 0 Å². The molecule has 1 aromatic rings. The Morgan fingerprint density at radius 3 is 2.75 bits per heavy atom. The Hall–Kier alpha value is -1.71. The first kappa shape index (κ1) is 14.7. The minimum Gasteiger partial charge on any atom is -0.398 e. The van der Waals surface area contributed by atoms with Crippen molar-refractivity contribution in [1.82, 2.24) is 5.32 Å². The molecule has 110 valence electrons. The van der Waals surface area contributed by atoms with Crippen LogP contribution in [0.3, 0.4) is 0 Å². The van der Waals surface area contributed by atoms with E-state index in [1.165, 1.54) is 5.56 Å². The first-order valence-corrected chi connectivity index (χ1v) is 7.25. The Labute approximate surface area is 121 Å². The second-order valence-electron chi connectivity index (χ2n) is 6.56. The van der Waals surface area contributed by atoms with E-state index in [0.717, 1.165) is 30.8 Å². The van der Waals surface area contributed by atoms with Gasteiger partial charge in [0, 0.05) is 23.5 Å². The van der Waals surface area contributed by atoms with Crippen molar-refractivity contribution < 1.29 is 4.79 Å². The van der Waals surface area contributed by atoms with Gasteiger partial charge in [-0.1, -0.05) is 6.07 Å². The largest absolute Gasteiger partial charge is 0.398 e. The number of carbonyl (C=O) groups excluding carboxylic acids is 1. The summed E-state index contributed by atoms with van der Waals surface area (Å²) in [6.45, 7) is 8.85. The minimum absolute atomic E-state index is 0.0628. The molecule has 20 heavy (non-hydrogen) atoms. The average molecular weight is 275 g/mol. The molecular weight excluding hydrogens is 250 g/mol. The maximum atomic E-state index is 12.4. The van der Waals surface area contributed by atoms with Gasteiger partial charge in [-0.3, -0.25) is 4.79 Å². The first-order valence-electron chi connectivity index (χ1n) is 7.25. The van der Waals surface area contributed by atoms with Crippen LogP contribution in [-0.2, 0) is 11.2 Å². The normalized spacial score (nSPS) is 16.5. The third-order valence-corrected chi connectivity index (χ3v) is 3.67. The fourth-order valence-corrected chi connectivity index (χ4v) is 2.70. The monoisotopic (exact) mass is 275 g/mol. The molecule has 0 radical (unpaired) electrons. The number of fused-ring (bicyclic) bond motifs is 1. The van der Waals surface area contributed by atoms with Crippen LogP contribution >= 0.6 is 0 Å². The maximum absolute atomic E-state index is 12.4. The van der Waals surface area contributed by atoms with Crippen molar-refractivity contribution in [2.75, 3.05) is 17.2 Å². The number of amides is 1. The number of hydrogen-bond acceptors (Lipinski definition) is 3. The first-order chi connectivity index (χ1) is 9.29. The van der Waals surface area contributed by atoms with Crippen LogP contribution in [0.2, 0.25) is 0 Å². The molecule has 0 fully saturated rings. The molecule has 1 aliphatic rings. The van der Waals surface area contributed by atoms with Gasteiger partial charge in [0.2, 0.25) is 5.91 Å². The molecule has 4 nitrogen and oxygen atoms in total. The number of nitrogens with two attached hydrogens (primary N) is 1. The Bertz CT molecular complexity index is 505. The van der Waals surface area contributed by atoms with E-state index in [9.17, 15) is 4.79 Å². The van der Waals surface area contributed by atoms with Gasteiger partial charge in [-0.15, -0.1) is 0 Å². The van der Waals surface area contributed by atoms with Crippen LogP contribution in [-0.4, -0.2) is 24.0 Å². The molecule has 1 aliphatic heterocycles. The Morgan fingerprint density at radius 1 is 1.40 bits per heavy atom. The third-order valence-electron chi connectivity index (χ3n) is 3.67. The number of nitrogen functional groups attached to an aromatic ring is 1. The molecule has 1 unspecified atom stereocenters. The van der Waals surface area contributed by atoms with Gasteiger partial charge in [0.1, 0.15) is 6.04 Å². The van der Waals surface area contributed by atoms with Crippen LogP contribution in [0.1, 0.15) is 39.7 Å². The Balaban J connectivity index is 2.23. The molecule has 0 bridgehead atoms. The van der Waals surface area contributed by atoms with Crippen molar-refractivity contribution >= 4 is 17.3 Å². The third kappa shape index (κ3) is 3.06. The zero-order chi connectivity index (χ0) is 14.9. The maximum Gasteiger partial charge on any atom is 0.242 e. The van der Waals surface area contributed by atoms with E-state index in [1.807, 2.05) is 39.8 Å². The summed E-state index contributed by atoms with van der Waals surface area (Å²) in [5.41, 5.74) is 8.95. The highest BCUT2D eigenvalue weighted by atomic mass is 16.2. The molecule has 1 aromatic carbocycles. The molecule has 0 spiro atoms. The van der Waals surface area contributed by atoms with Gasteiger partial charge < -0.3 is 16.0 Å². The molecule has 1 amide bonds. The molecule has 1 atom stereocenters. The number of benzene rings is 1. The van der Waals surface area contributed by atoms with E-state index in [4.69, 9.17) is 5.73 Å². The van der Waals surface area contributed by atoms with Gasteiger partial charge >= 0.3 is 0 Å². The standard InChI is InChI=1S/C16H25N3O/c1-11(15(20)18-16(2,3)4)19-10-6-7-12-13(17)8-5-9-14(12)19/h5,8-9,11H,6-7,10,17H2,1-4H3,(H,18,20). The fraction of sp³-hybridized carbons (Fsp3) is 0.562. The Morgan fingerprint density at radius 2 is 2.10 bits per heavy atom. The van der Waals surface area contributed by atoms with Gasteiger partial charge in [-0.25, -0.2) is 0 Å². The molecular formula is C16H25N3O. The molecule has 0 aromatic heterocycles. The minimum atomic E-state index is -0.209. The topological polar surface area (TPSA) is 58.4 Å². The lowest BCUT2D eigenvalue weighted by molar-refractivity contribution is -0.123. The molecule has 2 rings (SSSR count). The lowest BCUT2D eigenvalue weighted by Crippen LogP contribution is -2.52. The van der Waals surface area contributed by atoms with Gasteiger partial charge in [-0.05, 0) is 58.2 Å². The van der Waals surface area contributed by atoms with Gasteiger partial charge in [0.15, 0.2) is 0 Å². The number of hydrogen-bond donors (Lipinski definition) is 2. The summed E-state index contributed by atoms with van der Waals surface area (Å²) in [7, 11) is 0. The highest BCUT2D eigenvalue weighted by Gasteiger charge is 2.28. The second-order valence-corrected chi connectivity index (χ2v) is 6.56. The van der Waals surface area contributed by atoms with E-state index in [1.54, 1.807) is 0 Å². The Kier molecular flexibility index (Phi) is 3.93. The van der Waals surface area contributed by atoms with Crippen molar-refractivity contribution in [3.8, 4) is 0 Å². The van der Waals surface area contributed by atoms with Gasteiger partial charge in [-0.2, -0.15) is 0 Å². The fourth-order valence-electron chi connectivity index (χ4n) is 2.70.